The van der Waals surface area contributed by atoms with Crippen LogP contribution in [0.4, 0.5) is 0 Å². The van der Waals surface area contributed by atoms with E-state index in [1.165, 1.54) is 4.90 Å². The Bertz CT molecular complexity index is 1100. The molecule has 0 aromatic heterocycles. The zero-order valence-electron chi connectivity index (χ0n) is 17.1. The molecule has 2 aromatic rings. The van der Waals surface area contributed by atoms with Crippen LogP contribution in [0.5, 0.6) is 0 Å². The van der Waals surface area contributed by atoms with Crippen LogP contribution >= 0.6 is 0 Å². The van der Waals surface area contributed by atoms with Gasteiger partial charge in [-0.1, -0.05) is 36.4 Å². The fourth-order valence-electron chi connectivity index (χ4n) is 4.57. The summed E-state index contributed by atoms with van der Waals surface area (Å²) < 4.78 is 0. The van der Waals surface area contributed by atoms with Gasteiger partial charge in [-0.3, -0.25) is 15.1 Å². The van der Waals surface area contributed by atoms with E-state index in [0.717, 1.165) is 36.0 Å². The second-order valence-electron chi connectivity index (χ2n) is 8.37. The van der Waals surface area contributed by atoms with E-state index in [9.17, 15) is 15.3 Å². The van der Waals surface area contributed by atoms with Crippen molar-refractivity contribution in [3.63, 3.8) is 0 Å². The van der Waals surface area contributed by atoms with Crippen molar-refractivity contribution in [2.24, 2.45) is 0 Å². The molecule has 2 aliphatic rings. The quantitative estimate of drug-likeness (QED) is 0.827. The second-order valence-corrected chi connectivity index (χ2v) is 8.37. The van der Waals surface area contributed by atoms with Crippen LogP contribution in [0.3, 0.4) is 0 Å². The zero-order valence-corrected chi connectivity index (χ0v) is 17.1. The fourth-order valence-corrected chi connectivity index (χ4v) is 4.57. The summed E-state index contributed by atoms with van der Waals surface area (Å²) in [6, 6.07) is 19.5. The Kier molecular flexibility index (Phi) is 4.59. The van der Waals surface area contributed by atoms with E-state index in [2.05, 4.69) is 17.5 Å². The molecule has 1 saturated carbocycles. The summed E-state index contributed by atoms with van der Waals surface area (Å²) >= 11 is 0. The molecule has 1 heterocycles. The Morgan fingerprint density at radius 2 is 1.83 bits per heavy atom. The second kappa shape index (κ2) is 7.00. The molecule has 0 unspecified atom stereocenters. The highest BCUT2D eigenvalue weighted by molar-refractivity contribution is 6.02. The molecule has 0 bridgehead atoms. The van der Waals surface area contributed by atoms with Gasteiger partial charge in [-0.25, -0.2) is 0 Å². The van der Waals surface area contributed by atoms with Crippen LogP contribution in [-0.4, -0.2) is 23.8 Å². The molecule has 0 radical (unpaired) electrons. The molecule has 6 heteroatoms. The Balaban J connectivity index is 1.80. The van der Waals surface area contributed by atoms with Crippen LogP contribution in [0.15, 0.2) is 48.5 Å². The molecule has 0 spiro atoms. The lowest BCUT2D eigenvalue weighted by Crippen LogP contribution is -2.62. The van der Waals surface area contributed by atoms with E-state index in [0.29, 0.717) is 5.56 Å². The third kappa shape index (κ3) is 2.84. The van der Waals surface area contributed by atoms with Gasteiger partial charge in [0.05, 0.1) is 34.6 Å². The van der Waals surface area contributed by atoms with Crippen molar-refractivity contribution < 1.29 is 4.79 Å². The van der Waals surface area contributed by atoms with Gasteiger partial charge in [-0.05, 0) is 55.0 Å². The van der Waals surface area contributed by atoms with Crippen LogP contribution in [0.1, 0.15) is 54.4 Å². The molecule has 1 amide bonds. The largest absolute Gasteiger partial charge is 0.346 e. The van der Waals surface area contributed by atoms with Crippen molar-refractivity contribution in [1.29, 1.82) is 15.9 Å². The molecule has 1 saturated heterocycles. The summed E-state index contributed by atoms with van der Waals surface area (Å²) in [5, 5.41) is 30.4. The zero-order chi connectivity index (χ0) is 21.5. The molecule has 2 fully saturated rings. The number of nitrogens with zero attached hydrogens (tertiary/aromatic N) is 3. The summed E-state index contributed by atoms with van der Waals surface area (Å²) in [7, 11) is 1.59. The monoisotopic (exact) mass is 397 g/mol. The number of rotatable bonds is 3. The third-order valence-electron chi connectivity index (χ3n) is 6.68. The smallest absolute Gasteiger partial charge is 0.239 e. The van der Waals surface area contributed by atoms with E-state index >= 15 is 0 Å². The number of nitrogens with one attached hydrogen (secondary N) is 2. The van der Waals surface area contributed by atoms with Crippen molar-refractivity contribution in [2.45, 2.75) is 43.1 Å². The predicted molar refractivity (Wildman–Crippen MR) is 112 cm³/mol. The average molecular weight is 397 g/mol. The first-order valence-corrected chi connectivity index (χ1v) is 10.0. The lowest BCUT2D eigenvalue weighted by Gasteiger charge is -2.46. The summed E-state index contributed by atoms with van der Waals surface area (Å²) in [5.41, 5.74) is 1.78. The maximum Gasteiger partial charge on any atom is 0.239 e. The van der Waals surface area contributed by atoms with E-state index in [1.54, 1.807) is 25.2 Å². The van der Waals surface area contributed by atoms with Gasteiger partial charge < -0.3 is 5.32 Å². The normalized spacial score (nSPS) is 24.9. The van der Waals surface area contributed by atoms with E-state index < -0.39 is 16.9 Å². The summed E-state index contributed by atoms with van der Waals surface area (Å²) in [6.45, 7) is 1.89. The van der Waals surface area contributed by atoms with Crippen molar-refractivity contribution in [3.05, 3.63) is 70.8 Å². The molecule has 2 aromatic carbocycles. The first-order chi connectivity index (χ1) is 14.3. The van der Waals surface area contributed by atoms with Crippen LogP contribution in [0.2, 0.25) is 0 Å². The molecular weight excluding hydrogens is 374 g/mol. The topological polar surface area (TPSA) is 104 Å². The number of nitriles is 2. The van der Waals surface area contributed by atoms with Gasteiger partial charge in [0.2, 0.25) is 5.91 Å². The van der Waals surface area contributed by atoms with Crippen molar-refractivity contribution >= 4 is 11.9 Å². The highest BCUT2D eigenvalue weighted by Gasteiger charge is 2.48. The summed E-state index contributed by atoms with van der Waals surface area (Å²) in [6.07, 6.45) is 2.79. The predicted octanol–water partition coefficient (Wildman–Crippen LogP) is 3.50. The van der Waals surface area contributed by atoms with Crippen LogP contribution < -0.4 is 5.32 Å². The third-order valence-corrected chi connectivity index (χ3v) is 6.68. The SMILES string of the molecule is CN1C(=N)N[C@](C)(c2cccc(C#N)c2)[C@@H](c2ccc(C3(C#N)CCC3)cc2)C1=O. The van der Waals surface area contributed by atoms with Gasteiger partial charge in [-0.2, -0.15) is 10.5 Å². The number of hydrogen-bond donors (Lipinski definition) is 2. The molecule has 150 valence electrons. The summed E-state index contributed by atoms with van der Waals surface area (Å²) in [5.74, 6) is -0.746. The Labute approximate surface area is 176 Å². The van der Waals surface area contributed by atoms with Crippen molar-refractivity contribution in [3.8, 4) is 12.1 Å². The Morgan fingerprint density at radius 3 is 2.40 bits per heavy atom. The molecular formula is C24H23N5O. The number of guanidine groups is 1. The van der Waals surface area contributed by atoms with Gasteiger partial charge in [-0.15, -0.1) is 0 Å². The van der Waals surface area contributed by atoms with Gasteiger partial charge >= 0.3 is 0 Å². The number of likely N-dealkylation sites (N-methyl/N-ethyl adjacent to an activating group) is 1. The molecule has 1 aliphatic heterocycles. The molecule has 30 heavy (non-hydrogen) atoms. The minimum Gasteiger partial charge on any atom is -0.346 e. The standard InChI is InChI=1S/C24H23N5O/c1-23(19-6-3-5-16(13-19)14-25)20(21(30)29(2)22(27)28-23)17-7-9-18(10-8-17)24(15-26)11-4-12-24/h3,5-10,13,20H,4,11-12H2,1-2H3,(H2,27,28)/t20-,23+/m0/s1. The number of carbonyl (C=O) groups is 1. The molecule has 1 aliphatic carbocycles. The van der Waals surface area contributed by atoms with Crippen LogP contribution in [-0.2, 0) is 15.7 Å². The molecule has 2 atom stereocenters. The maximum atomic E-state index is 13.3. The fraction of sp³-hybridized carbons (Fsp3) is 0.333. The van der Waals surface area contributed by atoms with Gasteiger partial charge in [0.25, 0.3) is 0 Å². The minimum absolute atomic E-state index is 0.0237. The molecule has 6 nitrogen and oxygen atoms in total. The first kappa shape index (κ1) is 19.7. The molecule has 2 N–H and O–H groups in total. The van der Waals surface area contributed by atoms with Crippen LogP contribution in [0.25, 0.3) is 0 Å². The minimum atomic E-state index is -0.890. The van der Waals surface area contributed by atoms with Crippen LogP contribution in [0, 0.1) is 28.1 Å². The number of hydrogen-bond acceptors (Lipinski definition) is 4. The number of amides is 1. The lowest BCUT2D eigenvalue weighted by atomic mass is 9.65. The molecule has 4 rings (SSSR count). The lowest BCUT2D eigenvalue weighted by molar-refractivity contribution is -0.131. The van der Waals surface area contributed by atoms with Crippen molar-refractivity contribution in [2.75, 3.05) is 7.05 Å². The average Bonchev–Trinajstić information content (AvgIpc) is 2.73. The van der Waals surface area contributed by atoms with E-state index in [1.807, 2.05) is 37.3 Å². The van der Waals surface area contributed by atoms with E-state index in [4.69, 9.17) is 5.41 Å². The maximum absolute atomic E-state index is 13.3. The van der Waals surface area contributed by atoms with Gasteiger partial charge in [0.1, 0.15) is 0 Å². The van der Waals surface area contributed by atoms with Gasteiger partial charge in [0.15, 0.2) is 5.96 Å². The van der Waals surface area contributed by atoms with E-state index in [-0.39, 0.29) is 11.9 Å². The summed E-state index contributed by atoms with van der Waals surface area (Å²) in [4.78, 5) is 14.6. The van der Waals surface area contributed by atoms with Crippen molar-refractivity contribution in [1.82, 2.24) is 10.2 Å². The first-order valence-electron chi connectivity index (χ1n) is 10.0. The number of benzene rings is 2. The Morgan fingerprint density at radius 1 is 1.13 bits per heavy atom. The Hall–Kier alpha value is -3.64. The van der Waals surface area contributed by atoms with Gasteiger partial charge in [0, 0.05) is 7.05 Å². The number of carbonyl (C=O) groups excluding carboxylic acids is 1. The highest BCUT2D eigenvalue weighted by atomic mass is 16.2. The highest BCUT2D eigenvalue weighted by Crippen LogP contribution is 2.45.